The summed E-state index contributed by atoms with van der Waals surface area (Å²) in [5, 5.41) is 2.86. The van der Waals surface area contributed by atoms with Gasteiger partial charge >= 0.3 is 0 Å². The molecule has 1 aromatic rings. The van der Waals surface area contributed by atoms with Crippen LogP contribution in [0.4, 0.5) is 0 Å². The molecular weight excluding hydrogens is 206 g/mol. The molecule has 1 aliphatic rings. The standard InChI is InChI=1S/C12H15NO3/c1-2-3-6-13-12(14)9-4-5-10-11(7-9)16-8-15-10/h4-5,7H,2-3,6,8H2,1H3,(H,13,14). The number of ether oxygens (including phenoxy) is 2. The highest BCUT2D eigenvalue weighted by atomic mass is 16.7. The molecule has 0 fully saturated rings. The molecule has 4 nitrogen and oxygen atoms in total. The predicted molar refractivity (Wildman–Crippen MR) is 59.8 cm³/mol. The summed E-state index contributed by atoms with van der Waals surface area (Å²) in [4.78, 5) is 11.7. The minimum absolute atomic E-state index is 0.0632. The number of amides is 1. The second-order valence-corrected chi connectivity index (χ2v) is 3.68. The Morgan fingerprint density at radius 3 is 3.00 bits per heavy atom. The van der Waals surface area contributed by atoms with Crippen LogP contribution in [0.1, 0.15) is 30.1 Å². The van der Waals surface area contributed by atoms with Gasteiger partial charge in [0.05, 0.1) is 0 Å². The lowest BCUT2D eigenvalue weighted by atomic mass is 10.2. The van der Waals surface area contributed by atoms with Gasteiger partial charge in [-0.25, -0.2) is 0 Å². The second-order valence-electron chi connectivity index (χ2n) is 3.68. The Hall–Kier alpha value is -1.71. The van der Waals surface area contributed by atoms with Crippen molar-refractivity contribution in [3.8, 4) is 11.5 Å². The van der Waals surface area contributed by atoms with E-state index in [1.165, 1.54) is 0 Å². The Bertz CT molecular complexity index is 390. The molecular formula is C12H15NO3. The molecule has 0 saturated heterocycles. The number of benzene rings is 1. The number of carbonyl (C=O) groups is 1. The maximum absolute atomic E-state index is 11.7. The smallest absolute Gasteiger partial charge is 0.251 e. The fraction of sp³-hybridized carbons (Fsp3) is 0.417. The Morgan fingerprint density at radius 1 is 1.38 bits per heavy atom. The highest BCUT2D eigenvalue weighted by Crippen LogP contribution is 2.32. The zero-order chi connectivity index (χ0) is 11.4. The molecule has 0 unspecified atom stereocenters. The molecule has 1 aromatic carbocycles. The first-order valence-corrected chi connectivity index (χ1v) is 5.49. The first-order chi connectivity index (χ1) is 7.81. The molecule has 0 aromatic heterocycles. The van der Waals surface area contributed by atoms with E-state index < -0.39 is 0 Å². The Kier molecular flexibility index (Phi) is 3.29. The summed E-state index contributed by atoms with van der Waals surface area (Å²) in [5.74, 6) is 1.28. The van der Waals surface area contributed by atoms with Crippen molar-refractivity contribution in [1.29, 1.82) is 0 Å². The molecule has 4 heteroatoms. The monoisotopic (exact) mass is 221 g/mol. The topological polar surface area (TPSA) is 47.6 Å². The summed E-state index contributed by atoms with van der Waals surface area (Å²) < 4.78 is 10.4. The van der Waals surface area contributed by atoms with Gasteiger partial charge in [-0.1, -0.05) is 13.3 Å². The SMILES string of the molecule is CCCCNC(=O)c1ccc2c(c1)OCO2. The molecule has 2 rings (SSSR count). The molecule has 1 N–H and O–H groups in total. The maximum Gasteiger partial charge on any atom is 0.251 e. The van der Waals surface area contributed by atoms with Crippen molar-refractivity contribution in [1.82, 2.24) is 5.32 Å². The normalized spacial score (nSPS) is 12.6. The number of rotatable bonds is 4. The van der Waals surface area contributed by atoms with E-state index in [0.29, 0.717) is 23.6 Å². The third-order valence-corrected chi connectivity index (χ3v) is 2.45. The van der Waals surface area contributed by atoms with Gasteiger partial charge in [-0.15, -0.1) is 0 Å². The van der Waals surface area contributed by atoms with Crippen LogP contribution in [0.3, 0.4) is 0 Å². The minimum Gasteiger partial charge on any atom is -0.454 e. The number of hydrogen-bond acceptors (Lipinski definition) is 3. The molecule has 1 heterocycles. The van der Waals surface area contributed by atoms with Gasteiger partial charge in [-0.3, -0.25) is 4.79 Å². The first-order valence-electron chi connectivity index (χ1n) is 5.49. The highest BCUT2D eigenvalue weighted by Gasteiger charge is 2.15. The average molecular weight is 221 g/mol. The molecule has 1 aliphatic heterocycles. The lowest BCUT2D eigenvalue weighted by Crippen LogP contribution is -2.24. The van der Waals surface area contributed by atoms with Crippen molar-refractivity contribution in [3.05, 3.63) is 23.8 Å². The van der Waals surface area contributed by atoms with Gasteiger partial charge in [0.1, 0.15) is 0 Å². The van der Waals surface area contributed by atoms with Crippen LogP contribution in [0.2, 0.25) is 0 Å². The van der Waals surface area contributed by atoms with Gasteiger partial charge in [-0.05, 0) is 24.6 Å². The van der Waals surface area contributed by atoms with Crippen LogP contribution in [0.5, 0.6) is 11.5 Å². The van der Waals surface area contributed by atoms with Crippen LogP contribution in [0.15, 0.2) is 18.2 Å². The molecule has 86 valence electrons. The fourth-order valence-electron chi connectivity index (χ4n) is 1.52. The molecule has 0 radical (unpaired) electrons. The third-order valence-electron chi connectivity index (χ3n) is 2.45. The number of fused-ring (bicyclic) bond motifs is 1. The summed E-state index contributed by atoms with van der Waals surface area (Å²) >= 11 is 0. The van der Waals surface area contributed by atoms with E-state index in [0.717, 1.165) is 12.8 Å². The Morgan fingerprint density at radius 2 is 2.19 bits per heavy atom. The van der Waals surface area contributed by atoms with Gasteiger partial charge < -0.3 is 14.8 Å². The summed E-state index contributed by atoms with van der Waals surface area (Å²) in [6.45, 7) is 3.03. The summed E-state index contributed by atoms with van der Waals surface area (Å²) in [5.41, 5.74) is 0.611. The molecule has 16 heavy (non-hydrogen) atoms. The van der Waals surface area contributed by atoms with Crippen molar-refractivity contribution in [2.24, 2.45) is 0 Å². The predicted octanol–water partition coefficient (Wildman–Crippen LogP) is 1.95. The summed E-state index contributed by atoms with van der Waals surface area (Å²) in [6, 6.07) is 5.22. The van der Waals surface area contributed by atoms with Crippen molar-refractivity contribution < 1.29 is 14.3 Å². The molecule has 0 aliphatic carbocycles. The van der Waals surface area contributed by atoms with E-state index in [2.05, 4.69) is 12.2 Å². The highest BCUT2D eigenvalue weighted by molar-refractivity contribution is 5.94. The van der Waals surface area contributed by atoms with Gasteiger partial charge in [0, 0.05) is 12.1 Å². The van der Waals surface area contributed by atoms with Crippen molar-refractivity contribution in [2.45, 2.75) is 19.8 Å². The minimum atomic E-state index is -0.0632. The van der Waals surface area contributed by atoms with E-state index in [9.17, 15) is 4.79 Å². The molecule has 0 spiro atoms. The van der Waals surface area contributed by atoms with E-state index in [1.54, 1.807) is 18.2 Å². The van der Waals surface area contributed by atoms with Crippen LogP contribution in [0, 0.1) is 0 Å². The summed E-state index contributed by atoms with van der Waals surface area (Å²) in [6.07, 6.45) is 2.07. The van der Waals surface area contributed by atoms with Crippen LogP contribution in [0.25, 0.3) is 0 Å². The number of unbranched alkanes of at least 4 members (excludes halogenated alkanes) is 1. The maximum atomic E-state index is 11.7. The van der Waals surface area contributed by atoms with Crippen molar-refractivity contribution in [2.75, 3.05) is 13.3 Å². The van der Waals surface area contributed by atoms with E-state index in [4.69, 9.17) is 9.47 Å². The lowest BCUT2D eigenvalue weighted by Gasteiger charge is -2.04. The van der Waals surface area contributed by atoms with Gasteiger partial charge in [0.2, 0.25) is 6.79 Å². The first kappa shape index (κ1) is 10.8. The largest absolute Gasteiger partial charge is 0.454 e. The number of carbonyl (C=O) groups excluding carboxylic acids is 1. The van der Waals surface area contributed by atoms with E-state index in [1.807, 2.05) is 0 Å². The number of nitrogens with one attached hydrogen (secondary N) is 1. The second kappa shape index (κ2) is 4.88. The molecule has 1 amide bonds. The lowest BCUT2D eigenvalue weighted by molar-refractivity contribution is 0.0952. The average Bonchev–Trinajstić information content (AvgIpc) is 2.76. The molecule has 0 atom stereocenters. The number of hydrogen-bond donors (Lipinski definition) is 1. The van der Waals surface area contributed by atoms with Crippen molar-refractivity contribution in [3.63, 3.8) is 0 Å². The zero-order valence-electron chi connectivity index (χ0n) is 9.29. The van der Waals surface area contributed by atoms with Crippen molar-refractivity contribution >= 4 is 5.91 Å². The van der Waals surface area contributed by atoms with Gasteiger partial charge in [0.25, 0.3) is 5.91 Å². The van der Waals surface area contributed by atoms with Gasteiger partial charge in [0.15, 0.2) is 11.5 Å². The van der Waals surface area contributed by atoms with Crippen LogP contribution < -0.4 is 14.8 Å². The van der Waals surface area contributed by atoms with Crippen LogP contribution in [-0.4, -0.2) is 19.2 Å². The van der Waals surface area contributed by atoms with Crippen LogP contribution in [-0.2, 0) is 0 Å². The summed E-state index contributed by atoms with van der Waals surface area (Å²) in [7, 11) is 0. The Labute approximate surface area is 94.6 Å². The van der Waals surface area contributed by atoms with E-state index in [-0.39, 0.29) is 12.7 Å². The molecule has 0 saturated carbocycles. The molecule has 0 bridgehead atoms. The third kappa shape index (κ3) is 2.27. The van der Waals surface area contributed by atoms with E-state index >= 15 is 0 Å². The van der Waals surface area contributed by atoms with Crippen LogP contribution >= 0.6 is 0 Å². The Balaban J connectivity index is 2.01. The van der Waals surface area contributed by atoms with Gasteiger partial charge in [-0.2, -0.15) is 0 Å². The fourth-order valence-corrected chi connectivity index (χ4v) is 1.52. The zero-order valence-corrected chi connectivity index (χ0v) is 9.29. The quantitative estimate of drug-likeness (QED) is 0.790.